The average molecular weight is 482 g/mol. The normalized spacial score (nSPS) is 13.6. The van der Waals surface area contributed by atoms with E-state index >= 15 is 0 Å². The van der Waals surface area contributed by atoms with Crippen LogP contribution in [0.3, 0.4) is 0 Å². The first-order valence-corrected chi connectivity index (χ1v) is 10.9. The number of aromatic nitrogens is 3. The second-order valence-electron chi connectivity index (χ2n) is 7.66. The summed E-state index contributed by atoms with van der Waals surface area (Å²) in [5, 5.41) is 8.25. The summed E-state index contributed by atoms with van der Waals surface area (Å²) in [5.74, 6) is -0.834. The van der Waals surface area contributed by atoms with Crippen molar-refractivity contribution < 1.29 is 14.3 Å². The topological polar surface area (TPSA) is 86.1 Å². The molecule has 0 atom stereocenters. The Balaban J connectivity index is 1.52. The number of hydrogen-bond acceptors (Lipinski definition) is 5. The van der Waals surface area contributed by atoms with Gasteiger partial charge in [-0.05, 0) is 44.9 Å². The number of fused-ring (bicyclic) bond motifs is 1. The summed E-state index contributed by atoms with van der Waals surface area (Å²) in [4.78, 5) is 29.8. The fourth-order valence-corrected chi connectivity index (χ4v) is 3.78. The van der Waals surface area contributed by atoms with Crippen molar-refractivity contribution >= 4 is 63.4 Å². The minimum atomic E-state index is -0.618. The highest BCUT2D eigenvalue weighted by molar-refractivity contribution is 6.44. The summed E-state index contributed by atoms with van der Waals surface area (Å²) in [5.41, 5.74) is 2.10. The Morgan fingerprint density at radius 2 is 1.87 bits per heavy atom. The van der Waals surface area contributed by atoms with E-state index in [0.717, 1.165) is 18.5 Å². The summed E-state index contributed by atoms with van der Waals surface area (Å²) in [6.07, 6.45) is 3.68. The van der Waals surface area contributed by atoms with Gasteiger partial charge < -0.3 is 10.1 Å². The molecular weight excluding hydrogens is 463 g/mol. The highest BCUT2D eigenvalue weighted by Crippen LogP contribution is 2.40. The van der Waals surface area contributed by atoms with Crippen molar-refractivity contribution in [2.24, 2.45) is 0 Å². The van der Waals surface area contributed by atoms with E-state index in [1.807, 2.05) is 13.8 Å². The maximum absolute atomic E-state index is 12.8. The van der Waals surface area contributed by atoms with E-state index in [2.05, 4.69) is 10.4 Å². The van der Waals surface area contributed by atoms with Gasteiger partial charge in [0, 0.05) is 17.7 Å². The predicted molar refractivity (Wildman–Crippen MR) is 120 cm³/mol. The zero-order chi connectivity index (χ0) is 22.3. The Hall–Kier alpha value is -2.35. The highest BCUT2D eigenvalue weighted by atomic mass is 35.5. The van der Waals surface area contributed by atoms with Crippen LogP contribution in [-0.2, 0) is 9.53 Å². The number of rotatable bonds is 6. The Morgan fingerprint density at radius 1 is 1.16 bits per heavy atom. The number of benzene rings is 1. The molecule has 10 heteroatoms. The number of amides is 1. The molecule has 4 rings (SSSR count). The van der Waals surface area contributed by atoms with Crippen LogP contribution in [0.15, 0.2) is 24.4 Å². The third-order valence-electron chi connectivity index (χ3n) is 4.91. The molecule has 0 unspecified atom stereocenters. The van der Waals surface area contributed by atoms with Gasteiger partial charge in [-0.25, -0.2) is 14.5 Å². The molecule has 2 aromatic heterocycles. The Kier molecular flexibility index (Phi) is 6.10. The van der Waals surface area contributed by atoms with E-state index in [0.29, 0.717) is 22.5 Å². The molecule has 1 saturated carbocycles. The number of carbonyl (C=O) groups is 2. The fraction of sp³-hybridized carbons (Fsp3) is 0.333. The van der Waals surface area contributed by atoms with E-state index in [1.165, 1.54) is 12.1 Å². The number of ether oxygens (including phenoxy) is 1. The van der Waals surface area contributed by atoms with Gasteiger partial charge in [0.1, 0.15) is 0 Å². The van der Waals surface area contributed by atoms with Crippen LogP contribution in [0, 0.1) is 0 Å². The monoisotopic (exact) mass is 480 g/mol. The van der Waals surface area contributed by atoms with E-state index < -0.39 is 18.5 Å². The van der Waals surface area contributed by atoms with Gasteiger partial charge in [-0.1, -0.05) is 34.8 Å². The maximum Gasteiger partial charge on any atom is 0.339 e. The van der Waals surface area contributed by atoms with Crippen molar-refractivity contribution in [1.29, 1.82) is 0 Å². The van der Waals surface area contributed by atoms with Crippen LogP contribution in [0.1, 0.15) is 54.7 Å². The first kappa shape index (κ1) is 21.9. The molecular formula is C21H19Cl3N4O3. The van der Waals surface area contributed by atoms with Crippen LogP contribution in [0.5, 0.6) is 0 Å². The average Bonchev–Trinajstić information content (AvgIpc) is 3.48. The zero-order valence-corrected chi connectivity index (χ0v) is 19.1. The Bertz CT molecular complexity index is 1190. The number of nitrogens with one attached hydrogen (secondary N) is 1. The van der Waals surface area contributed by atoms with Gasteiger partial charge in [0.15, 0.2) is 12.3 Å². The minimum absolute atomic E-state index is 0.0880. The first-order valence-electron chi connectivity index (χ1n) is 9.74. The maximum atomic E-state index is 12.8. The molecule has 1 N–H and O–H groups in total. The van der Waals surface area contributed by atoms with E-state index in [-0.39, 0.29) is 26.8 Å². The number of esters is 1. The molecule has 2 heterocycles. The number of pyridine rings is 1. The van der Waals surface area contributed by atoms with Crippen molar-refractivity contribution in [3.8, 4) is 0 Å². The van der Waals surface area contributed by atoms with Crippen LogP contribution in [0.2, 0.25) is 15.1 Å². The molecule has 0 spiro atoms. The smallest absolute Gasteiger partial charge is 0.339 e. The van der Waals surface area contributed by atoms with E-state index in [4.69, 9.17) is 44.5 Å². The lowest BCUT2D eigenvalue weighted by molar-refractivity contribution is -0.119. The van der Waals surface area contributed by atoms with Crippen LogP contribution in [0.4, 0.5) is 5.69 Å². The Morgan fingerprint density at radius 3 is 2.55 bits per heavy atom. The van der Waals surface area contributed by atoms with Gasteiger partial charge in [0.25, 0.3) is 5.91 Å². The molecule has 1 amide bonds. The molecule has 1 aliphatic rings. The lowest BCUT2D eigenvalue weighted by Gasteiger charge is -2.11. The zero-order valence-electron chi connectivity index (χ0n) is 16.8. The lowest BCUT2D eigenvalue weighted by atomic mass is 10.1. The third kappa shape index (κ3) is 4.63. The number of hydrogen-bond donors (Lipinski definition) is 1. The van der Waals surface area contributed by atoms with Gasteiger partial charge >= 0.3 is 5.97 Å². The van der Waals surface area contributed by atoms with Crippen molar-refractivity contribution in [3.63, 3.8) is 0 Å². The van der Waals surface area contributed by atoms with Gasteiger partial charge in [-0.15, -0.1) is 0 Å². The second-order valence-corrected chi connectivity index (χ2v) is 8.88. The van der Waals surface area contributed by atoms with Crippen LogP contribution in [0.25, 0.3) is 11.0 Å². The lowest BCUT2D eigenvalue weighted by Crippen LogP contribution is -2.21. The van der Waals surface area contributed by atoms with E-state index in [9.17, 15) is 9.59 Å². The Labute approximate surface area is 193 Å². The van der Waals surface area contributed by atoms with Gasteiger partial charge in [-0.2, -0.15) is 5.10 Å². The number of nitrogens with zero attached hydrogens (tertiary/aromatic N) is 3. The highest BCUT2D eigenvalue weighted by Gasteiger charge is 2.28. The molecule has 7 nitrogen and oxygen atoms in total. The van der Waals surface area contributed by atoms with Crippen LogP contribution < -0.4 is 5.32 Å². The van der Waals surface area contributed by atoms with Crippen LogP contribution >= 0.6 is 34.8 Å². The second kappa shape index (κ2) is 8.65. The van der Waals surface area contributed by atoms with Crippen molar-refractivity contribution in [2.75, 3.05) is 11.9 Å². The summed E-state index contributed by atoms with van der Waals surface area (Å²) < 4.78 is 7.05. The molecule has 31 heavy (non-hydrogen) atoms. The van der Waals surface area contributed by atoms with Crippen LogP contribution in [-0.4, -0.2) is 33.2 Å². The van der Waals surface area contributed by atoms with Gasteiger partial charge in [0.05, 0.1) is 37.9 Å². The molecule has 1 aliphatic carbocycles. The summed E-state index contributed by atoms with van der Waals surface area (Å²) in [7, 11) is 0. The number of halogens is 3. The quantitative estimate of drug-likeness (QED) is 0.363. The SMILES string of the molecule is CC(C)n1ncc2c(C(=O)OCC(=O)Nc3cc(Cl)c(Cl)cc3Cl)cc(C3CC3)nc21. The minimum Gasteiger partial charge on any atom is -0.452 e. The van der Waals surface area contributed by atoms with Crippen molar-refractivity contribution in [3.05, 3.63) is 50.7 Å². The molecule has 0 bridgehead atoms. The molecule has 0 saturated heterocycles. The largest absolute Gasteiger partial charge is 0.452 e. The first-order chi connectivity index (χ1) is 14.7. The number of carbonyl (C=O) groups excluding carboxylic acids is 2. The van der Waals surface area contributed by atoms with Crippen molar-refractivity contribution in [1.82, 2.24) is 14.8 Å². The molecule has 3 aromatic rings. The standard InChI is InChI=1S/C21H19Cl3N4O3/c1-10(2)28-20-13(8-25-28)12(5-17(27-20)11-3-4-11)21(30)31-9-19(29)26-18-7-15(23)14(22)6-16(18)24/h5-8,10-11H,3-4,9H2,1-2H3,(H,26,29). The summed E-state index contributed by atoms with van der Waals surface area (Å²) >= 11 is 17.9. The third-order valence-corrected chi connectivity index (χ3v) is 5.94. The molecule has 162 valence electrons. The number of anilines is 1. The summed E-state index contributed by atoms with van der Waals surface area (Å²) in [6, 6.07) is 4.68. The van der Waals surface area contributed by atoms with E-state index in [1.54, 1.807) is 16.9 Å². The van der Waals surface area contributed by atoms with Gasteiger partial charge in [-0.3, -0.25) is 4.79 Å². The molecule has 0 radical (unpaired) electrons. The van der Waals surface area contributed by atoms with Crippen molar-refractivity contribution in [2.45, 2.75) is 38.6 Å². The predicted octanol–water partition coefficient (Wildman–Crippen LogP) is 5.65. The van der Waals surface area contributed by atoms with Gasteiger partial charge in [0.2, 0.25) is 0 Å². The summed E-state index contributed by atoms with van der Waals surface area (Å²) in [6.45, 7) is 3.50. The molecule has 1 aromatic carbocycles. The fourth-order valence-electron chi connectivity index (χ4n) is 3.19. The molecule has 1 fully saturated rings. The molecule has 0 aliphatic heterocycles.